The molecule has 0 amide bonds. The lowest BCUT2D eigenvalue weighted by Crippen LogP contribution is -2.32. The number of rotatable bonds is 4. The van der Waals surface area contributed by atoms with Gasteiger partial charge in [-0.2, -0.15) is 0 Å². The third-order valence-corrected chi connectivity index (χ3v) is 4.45. The summed E-state index contributed by atoms with van der Waals surface area (Å²) in [5, 5.41) is 0. The second-order valence-electron chi connectivity index (χ2n) is 4.86. The van der Waals surface area contributed by atoms with Crippen LogP contribution in [0.1, 0.15) is 12.8 Å². The van der Waals surface area contributed by atoms with E-state index < -0.39 is 0 Å². The molecule has 0 radical (unpaired) electrons. The van der Waals surface area contributed by atoms with Crippen LogP contribution in [0.5, 0.6) is 0 Å². The zero-order valence-electron chi connectivity index (χ0n) is 11.1. The minimum atomic E-state index is 0.515. The lowest BCUT2D eigenvalue weighted by molar-refractivity contribution is 0.181. The maximum atomic E-state index is 5.33. The Hall–Kier alpha value is -1.39. The van der Waals surface area contributed by atoms with Crippen molar-refractivity contribution in [1.82, 2.24) is 4.98 Å². The minimum absolute atomic E-state index is 0.515. The summed E-state index contributed by atoms with van der Waals surface area (Å²) in [5.74, 6) is 0. The highest BCUT2D eigenvalue weighted by Crippen LogP contribution is 2.31. The van der Waals surface area contributed by atoms with Gasteiger partial charge in [-0.15, -0.1) is 11.3 Å². The van der Waals surface area contributed by atoms with Crippen molar-refractivity contribution in [2.24, 2.45) is 0 Å². The first-order chi connectivity index (χ1) is 9.38. The second kappa shape index (κ2) is 5.72. The molecule has 0 saturated carbocycles. The van der Waals surface area contributed by atoms with Gasteiger partial charge in [0.2, 0.25) is 0 Å². The van der Waals surface area contributed by atoms with E-state index in [1.165, 1.54) is 29.0 Å². The van der Waals surface area contributed by atoms with E-state index in [0.717, 1.165) is 13.2 Å². The smallest absolute Gasteiger partial charge is 0.0797 e. The zero-order valence-corrected chi connectivity index (χ0v) is 11.9. The molecule has 1 aliphatic heterocycles. The van der Waals surface area contributed by atoms with Crippen molar-refractivity contribution in [2.75, 3.05) is 25.2 Å². The fourth-order valence-corrected chi connectivity index (χ4v) is 3.36. The van der Waals surface area contributed by atoms with E-state index in [0.29, 0.717) is 6.04 Å². The van der Waals surface area contributed by atoms with Crippen LogP contribution >= 0.6 is 11.3 Å². The number of benzene rings is 1. The van der Waals surface area contributed by atoms with Crippen molar-refractivity contribution in [2.45, 2.75) is 18.9 Å². The Morgan fingerprint density at radius 2 is 2.42 bits per heavy atom. The second-order valence-corrected chi connectivity index (χ2v) is 5.75. The van der Waals surface area contributed by atoms with Crippen molar-refractivity contribution in [3.63, 3.8) is 0 Å². The third kappa shape index (κ3) is 2.65. The number of nitrogens with zero attached hydrogens (tertiary/aromatic N) is 2. The molecular weight excluding hydrogens is 256 g/mol. The van der Waals surface area contributed by atoms with Gasteiger partial charge in [0.05, 0.1) is 23.0 Å². The normalized spacial score (nSPS) is 19.0. The molecule has 1 aliphatic rings. The zero-order chi connectivity index (χ0) is 13.1. The van der Waals surface area contributed by atoms with Crippen molar-refractivity contribution < 1.29 is 4.74 Å². The molecule has 0 spiro atoms. The number of methoxy groups -OCH3 is 1. The molecule has 100 valence electrons. The molecule has 1 aromatic carbocycles. The molecule has 0 N–H and O–H groups in total. The van der Waals surface area contributed by atoms with E-state index >= 15 is 0 Å². The van der Waals surface area contributed by atoms with Crippen molar-refractivity contribution >= 4 is 17.0 Å². The van der Waals surface area contributed by atoms with Gasteiger partial charge in [0, 0.05) is 25.5 Å². The lowest BCUT2D eigenvalue weighted by atomic mass is 10.1. The van der Waals surface area contributed by atoms with Gasteiger partial charge in [0.25, 0.3) is 0 Å². The van der Waals surface area contributed by atoms with Crippen LogP contribution in [0.15, 0.2) is 36.0 Å². The first-order valence-electron chi connectivity index (χ1n) is 6.63. The molecule has 2 heterocycles. The van der Waals surface area contributed by atoms with Crippen LogP contribution in [0.2, 0.25) is 0 Å². The van der Waals surface area contributed by atoms with Crippen molar-refractivity contribution in [1.29, 1.82) is 0 Å². The number of aromatic nitrogens is 1. The van der Waals surface area contributed by atoms with E-state index in [4.69, 9.17) is 4.74 Å². The molecule has 1 fully saturated rings. The number of hydrogen-bond donors (Lipinski definition) is 0. The van der Waals surface area contributed by atoms with E-state index in [9.17, 15) is 0 Å². The van der Waals surface area contributed by atoms with Crippen LogP contribution < -0.4 is 4.90 Å². The molecule has 3 rings (SSSR count). The summed E-state index contributed by atoms with van der Waals surface area (Å²) < 4.78 is 5.33. The molecule has 0 bridgehead atoms. The number of thiazole rings is 1. The van der Waals surface area contributed by atoms with Gasteiger partial charge in [-0.05, 0) is 30.5 Å². The summed E-state index contributed by atoms with van der Waals surface area (Å²) in [5.41, 5.74) is 4.43. The maximum Gasteiger partial charge on any atom is 0.0797 e. The van der Waals surface area contributed by atoms with Gasteiger partial charge in [-0.3, -0.25) is 4.98 Å². The van der Waals surface area contributed by atoms with Crippen LogP contribution in [-0.4, -0.2) is 31.3 Å². The Morgan fingerprint density at radius 1 is 1.47 bits per heavy atom. The SMILES string of the molecule is COCC1CCCN1c1cccc(-c2cncs2)c1. The monoisotopic (exact) mass is 274 g/mol. The highest BCUT2D eigenvalue weighted by atomic mass is 32.1. The number of ether oxygens (including phenoxy) is 1. The first-order valence-corrected chi connectivity index (χ1v) is 7.51. The predicted molar refractivity (Wildman–Crippen MR) is 79.8 cm³/mol. The van der Waals surface area contributed by atoms with Gasteiger partial charge >= 0.3 is 0 Å². The summed E-state index contributed by atoms with van der Waals surface area (Å²) in [6.07, 6.45) is 4.40. The Kier molecular flexibility index (Phi) is 3.80. The molecule has 4 heteroatoms. The van der Waals surface area contributed by atoms with Crippen molar-refractivity contribution in [3.05, 3.63) is 36.0 Å². The summed E-state index contributed by atoms with van der Waals surface area (Å²) in [7, 11) is 1.78. The van der Waals surface area contributed by atoms with E-state index in [-0.39, 0.29) is 0 Å². The maximum absolute atomic E-state index is 5.33. The van der Waals surface area contributed by atoms with E-state index in [2.05, 4.69) is 34.1 Å². The Labute approximate surface area is 117 Å². The van der Waals surface area contributed by atoms with Crippen LogP contribution in [0.4, 0.5) is 5.69 Å². The van der Waals surface area contributed by atoms with Crippen molar-refractivity contribution in [3.8, 4) is 10.4 Å². The largest absolute Gasteiger partial charge is 0.383 e. The van der Waals surface area contributed by atoms with Crippen LogP contribution in [0.25, 0.3) is 10.4 Å². The third-order valence-electron chi connectivity index (χ3n) is 3.63. The lowest BCUT2D eigenvalue weighted by Gasteiger charge is -2.26. The Balaban J connectivity index is 1.87. The standard InChI is InChI=1S/C15H18N2OS/c1-18-10-14-6-3-7-17(14)13-5-2-4-12(8-13)15-9-16-11-19-15/h2,4-5,8-9,11,14H,3,6-7,10H2,1H3. The summed E-state index contributed by atoms with van der Waals surface area (Å²) in [6.45, 7) is 1.94. The fraction of sp³-hybridized carbons (Fsp3) is 0.400. The van der Waals surface area contributed by atoms with Crippen LogP contribution in [0.3, 0.4) is 0 Å². The average Bonchev–Trinajstić information content (AvgIpc) is 3.10. The predicted octanol–water partition coefficient (Wildman–Crippen LogP) is 3.43. The van der Waals surface area contributed by atoms with Gasteiger partial charge in [-0.25, -0.2) is 0 Å². The van der Waals surface area contributed by atoms with Gasteiger partial charge in [0.15, 0.2) is 0 Å². The molecule has 3 nitrogen and oxygen atoms in total. The topological polar surface area (TPSA) is 25.4 Å². The van der Waals surface area contributed by atoms with Crippen LogP contribution in [0, 0.1) is 0 Å². The highest BCUT2D eigenvalue weighted by molar-refractivity contribution is 7.13. The van der Waals surface area contributed by atoms with Gasteiger partial charge in [-0.1, -0.05) is 12.1 Å². The van der Waals surface area contributed by atoms with Crippen LogP contribution in [-0.2, 0) is 4.74 Å². The first kappa shape index (κ1) is 12.6. The number of anilines is 1. The van der Waals surface area contributed by atoms with Gasteiger partial charge < -0.3 is 9.64 Å². The molecular formula is C15H18N2OS. The quantitative estimate of drug-likeness (QED) is 0.854. The molecule has 1 saturated heterocycles. The highest BCUT2D eigenvalue weighted by Gasteiger charge is 2.24. The summed E-state index contributed by atoms with van der Waals surface area (Å²) in [6, 6.07) is 9.26. The van der Waals surface area contributed by atoms with E-state index in [1.54, 1.807) is 18.4 Å². The molecule has 19 heavy (non-hydrogen) atoms. The Morgan fingerprint density at radius 3 is 3.21 bits per heavy atom. The molecule has 1 atom stereocenters. The fourth-order valence-electron chi connectivity index (χ4n) is 2.74. The van der Waals surface area contributed by atoms with E-state index in [1.807, 2.05) is 11.7 Å². The summed E-state index contributed by atoms with van der Waals surface area (Å²) in [4.78, 5) is 7.85. The Bertz CT molecular complexity index is 527. The molecule has 1 aromatic heterocycles. The number of hydrogen-bond acceptors (Lipinski definition) is 4. The molecule has 0 aliphatic carbocycles. The van der Waals surface area contributed by atoms with Gasteiger partial charge in [0.1, 0.15) is 0 Å². The summed E-state index contributed by atoms with van der Waals surface area (Å²) >= 11 is 1.68. The minimum Gasteiger partial charge on any atom is -0.383 e. The molecule has 1 unspecified atom stereocenters. The average molecular weight is 274 g/mol. The molecule has 2 aromatic rings.